The number of nitrogens with zero attached hydrogens (tertiary/aromatic N) is 3. The summed E-state index contributed by atoms with van der Waals surface area (Å²) in [5.74, 6) is -0.237. The van der Waals surface area contributed by atoms with Crippen molar-refractivity contribution in [3.05, 3.63) is 33.9 Å². The fourth-order valence-corrected chi connectivity index (χ4v) is 7.32. The molecule has 12 heteroatoms. The zero-order valence-electron chi connectivity index (χ0n) is 26.5. The predicted molar refractivity (Wildman–Crippen MR) is 180 cm³/mol. The molecule has 1 heterocycles. The molecule has 2 unspecified atom stereocenters. The first-order chi connectivity index (χ1) is 19.0. The molecule has 2 atom stereocenters. The maximum Gasteiger partial charge on any atom is 0.317 e. The highest BCUT2D eigenvalue weighted by Crippen LogP contribution is 2.40. The van der Waals surface area contributed by atoms with Gasteiger partial charge in [-0.1, -0.05) is 58.6 Å². The van der Waals surface area contributed by atoms with E-state index in [1.807, 2.05) is 13.2 Å². The SMILES string of the molecule is CSC1=NC(c2cc([N+](=O)[O-])ccc2SCCCCCO[Si](C)(C)C(C)(C)C)C(C(=O)OCC[Si](C)(C)C)C(C)=N1. The highest BCUT2D eigenvalue weighted by atomic mass is 32.2. The Morgan fingerprint density at radius 2 is 1.78 bits per heavy atom. The monoisotopic (exact) mass is 639 g/mol. The summed E-state index contributed by atoms with van der Waals surface area (Å²) >= 11 is 3.05. The molecular weight excluding hydrogens is 591 g/mol. The first-order valence-corrected chi connectivity index (χ1v) is 23.2. The molecule has 1 aromatic rings. The average molecular weight is 640 g/mol. The van der Waals surface area contributed by atoms with Crippen LogP contribution in [0.3, 0.4) is 0 Å². The van der Waals surface area contributed by atoms with Crippen LogP contribution in [0.2, 0.25) is 43.8 Å². The predicted octanol–water partition coefficient (Wildman–Crippen LogP) is 8.61. The molecule has 1 aromatic carbocycles. The van der Waals surface area contributed by atoms with Gasteiger partial charge in [0.15, 0.2) is 13.5 Å². The molecule has 230 valence electrons. The number of benzene rings is 1. The number of amidine groups is 1. The number of nitro benzene ring substituents is 1. The molecule has 0 aliphatic carbocycles. The number of esters is 1. The molecule has 2 rings (SSSR count). The van der Waals surface area contributed by atoms with Crippen molar-refractivity contribution in [3.8, 4) is 0 Å². The third-order valence-electron chi connectivity index (χ3n) is 7.66. The van der Waals surface area contributed by atoms with E-state index in [0.717, 1.165) is 42.6 Å². The summed E-state index contributed by atoms with van der Waals surface area (Å²) in [4.78, 5) is 35.0. The number of non-ortho nitro benzene ring substituents is 1. The third-order valence-corrected chi connectivity index (χ3v) is 15.6. The Hall–Kier alpha value is -1.48. The Morgan fingerprint density at radius 1 is 1.10 bits per heavy atom. The number of thioether (sulfide) groups is 2. The number of carbonyl (C=O) groups excluding carboxylic acids is 1. The Kier molecular flexibility index (Phi) is 13.3. The van der Waals surface area contributed by atoms with Crippen LogP contribution in [-0.2, 0) is 14.0 Å². The molecule has 0 aromatic heterocycles. The molecule has 0 bridgehead atoms. The molecule has 0 saturated heterocycles. The number of hydrogen-bond acceptors (Lipinski definition) is 9. The van der Waals surface area contributed by atoms with Crippen molar-refractivity contribution in [3.63, 3.8) is 0 Å². The molecule has 0 fully saturated rings. The molecule has 1 aliphatic rings. The molecule has 0 N–H and O–H groups in total. The molecule has 0 spiro atoms. The lowest BCUT2D eigenvalue weighted by Crippen LogP contribution is -2.40. The molecule has 0 radical (unpaired) electrons. The number of unbranched alkanes of at least 4 members (excludes halogenated alkanes) is 2. The summed E-state index contributed by atoms with van der Waals surface area (Å²) in [6.07, 6.45) is 4.93. The zero-order valence-corrected chi connectivity index (χ0v) is 30.2. The van der Waals surface area contributed by atoms with E-state index in [4.69, 9.17) is 14.2 Å². The number of rotatable bonds is 14. The number of aliphatic imine (C=N–C) groups is 2. The van der Waals surface area contributed by atoms with Gasteiger partial charge < -0.3 is 9.16 Å². The van der Waals surface area contributed by atoms with Gasteiger partial charge in [-0.3, -0.25) is 19.9 Å². The van der Waals surface area contributed by atoms with Crippen LogP contribution in [-0.4, -0.2) is 63.4 Å². The van der Waals surface area contributed by atoms with Crippen molar-refractivity contribution >= 4 is 62.5 Å². The van der Waals surface area contributed by atoms with Crippen molar-refractivity contribution in [2.75, 3.05) is 25.2 Å². The molecule has 1 aliphatic heterocycles. The molecule has 0 amide bonds. The summed E-state index contributed by atoms with van der Waals surface area (Å²) in [6, 6.07) is 5.13. The minimum atomic E-state index is -1.74. The standard InChI is InChI=1S/C29H49N3O5S2Si2/c1-21-25(27(33)36-17-19-40(6,7)8)26(31-28(30-21)38-5)23-20-22(32(34)35)14-15-24(23)39-18-13-11-12-16-37-41(9,10)29(2,3)4/h14-15,20,25-26H,11-13,16-19H2,1-10H3. The van der Waals surface area contributed by atoms with Gasteiger partial charge in [0.1, 0.15) is 5.92 Å². The normalized spacial score (nSPS) is 18.1. The van der Waals surface area contributed by atoms with E-state index in [-0.39, 0.29) is 16.7 Å². The lowest BCUT2D eigenvalue weighted by atomic mass is 9.89. The summed E-state index contributed by atoms with van der Waals surface area (Å²) in [5.41, 5.74) is 1.29. The molecule has 0 saturated carbocycles. The topological polar surface area (TPSA) is 103 Å². The van der Waals surface area contributed by atoms with E-state index in [0.29, 0.717) is 23.0 Å². The van der Waals surface area contributed by atoms with Gasteiger partial charge in [-0.25, -0.2) is 4.99 Å². The summed E-state index contributed by atoms with van der Waals surface area (Å²) in [7, 11) is -3.12. The van der Waals surface area contributed by atoms with Crippen LogP contribution >= 0.6 is 23.5 Å². The van der Waals surface area contributed by atoms with Gasteiger partial charge in [-0.2, -0.15) is 0 Å². The van der Waals surface area contributed by atoms with Crippen molar-refractivity contribution in [2.45, 2.75) is 102 Å². The van der Waals surface area contributed by atoms with Gasteiger partial charge in [0.2, 0.25) is 0 Å². The van der Waals surface area contributed by atoms with Crippen molar-refractivity contribution in [1.82, 2.24) is 0 Å². The smallest absolute Gasteiger partial charge is 0.317 e. The second-order valence-electron chi connectivity index (χ2n) is 13.3. The maximum atomic E-state index is 13.4. The summed E-state index contributed by atoms with van der Waals surface area (Å²) in [6.45, 7) is 21.0. The van der Waals surface area contributed by atoms with Gasteiger partial charge >= 0.3 is 5.97 Å². The molecular formula is C29H49N3O5S2Si2. The molecule has 8 nitrogen and oxygen atoms in total. The van der Waals surface area contributed by atoms with Crippen LogP contribution in [0.15, 0.2) is 33.1 Å². The van der Waals surface area contributed by atoms with E-state index in [9.17, 15) is 14.9 Å². The number of hydrogen-bond donors (Lipinski definition) is 0. The van der Waals surface area contributed by atoms with Crippen LogP contribution in [0.1, 0.15) is 58.6 Å². The zero-order chi connectivity index (χ0) is 31.0. The summed E-state index contributed by atoms with van der Waals surface area (Å²) in [5, 5.41) is 12.5. The van der Waals surface area contributed by atoms with E-state index >= 15 is 0 Å². The van der Waals surface area contributed by atoms with Gasteiger partial charge in [0, 0.05) is 37.4 Å². The fourth-order valence-electron chi connectivity index (χ4n) is 3.98. The van der Waals surface area contributed by atoms with E-state index < -0.39 is 33.3 Å². The Balaban J connectivity index is 2.20. The minimum Gasteiger partial charge on any atom is -0.465 e. The van der Waals surface area contributed by atoms with Gasteiger partial charge in [0.05, 0.1) is 17.6 Å². The second-order valence-corrected chi connectivity index (χ2v) is 25.6. The Labute approximate surface area is 257 Å². The third kappa shape index (κ3) is 10.9. The lowest BCUT2D eigenvalue weighted by molar-refractivity contribution is -0.385. The first kappa shape index (κ1) is 35.7. The minimum absolute atomic E-state index is 0.0148. The highest BCUT2D eigenvalue weighted by Gasteiger charge is 2.39. The van der Waals surface area contributed by atoms with Crippen LogP contribution < -0.4 is 0 Å². The van der Waals surface area contributed by atoms with Crippen LogP contribution in [0.5, 0.6) is 0 Å². The van der Waals surface area contributed by atoms with Gasteiger partial charge in [0.25, 0.3) is 5.69 Å². The number of carbonyl (C=O) groups is 1. The second kappa shape index (κ2) is 15.3. The molecule has 41 heavy (non-hydrogen) atoms. The highest BCUT2D eigenvalue weighted by molar-refractivity contribution is 8.13. The largest absolute Gasteiger partial charge is 0.465 e. The maximum absolute atomic E-state index is 13.4. The van der Waals surface area contributed by atoms with Gasteiger partial charge in [-0.05, 0) is 67.6 Å². The van der Waals surface area contributed by atoms with Gasteiger partial charge in [-0.15, -0.1) is 11.8 Å². The Morgan fingerprint density at radius 3 is 2.37 bits per heavy atom. The van der Waals surface area contributed by atoms with E-state index in [1.165, 1.54) is 17.8 Å². The van der Waals surface area contributed by atoms with E-state index in [2.05, 4.69) is 58.5 Å². The summed E-state index contributed by atoms with van der Waals surface area (Å²) < 4.78 is 12.0. The average Bonchev–Trinajstić information content (AvgIpc) is 2.85. The number of ether oxygens (including phenoxy) is 1. The van der Waals surface area contributed by atoms with Crippen LogP contribution in [0.4, 0.5) is 5.69 Å². The quantitative estimate of drug-likeness (QED) is 0.0501. The first-order valence-electron chi connectivity index (χ1n) is 14.4. The fraction of sp³-hybridized carbons (Fsp3) is 0.690. The van der Waals surface area contributed by atoms with Crippen molar-refractivity contribution in [2.24, 2.45) is 15.9 Å². The number of nitro groups is 1. The van der Waals surface area contributed by atoms with Crippen molar-refractivity contribution < 1.29 is 18.9 Å². The van der Waals surface area contributed by atoms with E-state index in [1.54, 1.807) is 23.9 Å². The van der Waals surface area contributed by atoms with Crippen molar-refractivity contribution in [1.29, 1.82) is 0 Å². The van der Waals surface area contributed by atoms with Crippen LogP contribution in [0.25, 0.3) is 0 Å². The Bertz CT molecular complexity index is 1130. The van der Waals surface area contributed by atoms with Crippen LogP contribution in [0, 0.1) is 16.0 Å². The lowest BCUT2D eigenvalue weighted by Gasteiger charge is -2.36.